The van der Waals surface area contributed by atoms with Gasteiger partial charge in [-0.25, -0.2) is 9.97 Å². The highest BCUT2D eigenvalue weighted by Crippen LogP contribution is 2.53. The smallest absolute Gasteiger partial charge is 0.160 e. The molecule has 8 aromatic carbocycles. The number of nitrogens with zero attached hydrogens (tertiary/aromatic N) is 3. The van der Waals surface area contributed by atoms with Gasteiger partial charge in [-0.1, -0.05) is 163 Å². The molecule has 258 valence electrons. The van der Waals surface area contributed by atoms with E-state index in [0.29, 0.717) is 5.82 Å². The minimum atomic E-state index is 0.713. The largest absolute Gasteiger partial charge is 0.308 e. The lowest BCUT2D eigenvalue weighted by atomic mass is 10.00. The highest BCUT2D eigenvalue weighted by atomic mass is 32.2. The third-order valence-corrected chi connectivity index (χ3v) is 13.0. The molecule has 2 aromatic heterocycles. The highest BCUT2D eigenvalue weighted by Gasteiger charge is 2.25. The molecule has 3 nitrogen and oxygen atoms in total. The van der Waals surface area contributed by atoms with Gasteiger partial charge in [-0.3, -0.25) is 0 Å². The Morgan fingerprint density at radius 2 is 1.04 bits per heavy atom. The minimum absolute atomic E-state index is 0.713. The van der Waals surface area contributed by atoms with Crippen LogP contribution >= 0.6 is 23.5 Å². The van der Waals surface area contributed by atoms with Gasteiger partial charge in [0.25, 0.3) is 0 Å². The maximum Gasteiger partial charge on any atom is 0.160 e. The summed E-state index contributed by atoms with van der Waals surface area (Å²) >= 11 is 3.76. The van der Waals surface area contributed by atoms with Crippen molar-refractivity contribution >= 4 is 56.1 Å². The van der Waals surface area contributed by atoms with Gasteiger partial charge in [-0.15, -0.1) is 0 Å². The Hall–Kier alpha value is -6.40. The van der Waals surface area contributed by atoms with Gasteiger partial charge in [0, 0.05) is 47.8 Å². The van der Waals surface area contributed by atoms with Crippen LogP contribution in [0.1, 0.15) is 0 Å². The summed E-state index contributed by atoms with van der Waals surface area (Å²) in [4.78, 5) is 15.3. The predicted octanol–water partition coefficient (Wildman–Crippen LogP) is 14.0. The van der Waals surface area contributed by atoms with Gasteiger partial charge in [0.05, 0.1) is 27.3 Å². The second-order valence-electron chi connectivity index (χ2n) is 13.8. The highest BCUT2D eigenvalue weighted by molar-refractivity contribution is 8.05. The second kappa shape index (κ2) is 13.2. The molecule has 0 saturated carbocycles. The summed E-state index contributed by atoms with van der Waals surface area (Å²) in [5, 5.41) is 5.09. The number of rotatable bonds is 5. The van der Waals surface area contributed by atoms with E-state index < -0.39 is 0 Å². The third kappa shape index (κ3) is 5.55. The van der Waals surface area contributed by atoms with Crippen LogP contribution in [0.4, 0.5) is 0 Å². The fourth-order valence-corrected chi connectivity index (χ4v) is 10.3. The molecule has 11 rings (SSSR count). The first kappa shape index (κ1) is 32.1. The zero-order valence-electron chi connectivity index (χ0n) is 29.6. The summed E-state index contributed by atoms with van der Waals surface area (Å²) in [6.07, 6.45) is 0. The SMILES string of the molecule is c1ccc(-c2cc(-c3cccc(-c4cccc(-n5c6ccc7ccccc7c6c6ccc7c(c65)Sc5ccccc5S7)c4)c3)nc(-c3ccccc3)n2)cc1. The van der Waals surface area contributed by atoms with E-state index >= 15 is 0 Å². The van der Waals surface area contributed by atoms with Crippen molar-refractivity contribution in [3.05, 3.63) is 188 Å². The van der Waals surface area contributed by atoms with Crippen LogP contribution in [0.15, 0.2) is 208 Å². The van der Waals surface area contributed by atoms with E-state index in [9.17, 15) is 0 Å². The first-order chi connectivity index (χ1) is 27.2. The summed E-state index contributed by atoms with van der Waals surface area (Å²) in [6, 6.07) is 67.2. The molecule has 1 aliphatic heterocycles. The molecule has 0 aliphatic carbocycles. The molecule has 0 N–H and O–H groups in total. The third-order valence-electron chi connectivity index (χ3n) is 10.4. The monoisotopic (exact) mass is 737 g/mol. The first-order valence-electron chi connectivity index (χ1n) is 18.4. The Morgan fingerprint density at radius 3 is 1.85 bits per heavy atom. The Kier molecular flexibility index (Phi) is 7.68. The van der Waals surface area contributed by atoms with Crippen molar-refractivity contribution in [2.24, 2.45) is 0 Å². The molecular formula is C50H31N3S2. The van der Waals surface area contributed by atoms with Gasteiger partial charge in [-0.2, -0.15) is 0 Å². The van der Waals surface area contributed by atoms with Gasteiger partial charge in [0.15, 0.2) is 5.82 Å². The lowest BCUT2D eigenvalue weighted by Crippen LogP contribution is -1.98. The standard InChI is InChI=1S/C50H31N3S2/c1-3-14-33(15-4-1)41-31-42(52-50(51-41)34-16-5-2-6-17-34)37-20-11-18-35(29-37)36-19-12-21-38(30-36)53-43-27-25-32-13-7-8-22-39(32)47(43)40-26-28-46-49(48(40)53)55-45-24-10-9-23-44(45)54-46/h1-31H. The Morgan fingerprint density at radius 1 is 0.400 bits per heavy atom. The molecule has 1 aliphatic rings. The topological polar surface area (TPSA) is 30.7 Å². The molecular weight excluding hydrogens is 707 g/mol. The molecule has 5 heteroatoms. The molecule has 0 fully saturated rings. The summed E-state index contributed by atoms with van der Waals surface area (Å²) in [5.74, 6) is 0.713. The Labute approximate surface area is 327 Å². The van der Waals surface area contributed by atoms with Gasteiger partial charge in [0.1, 0.15) is 0 Å². The number of aromatic nitrogens is 3. The summed E-state index contributed by atoms with van der Waals surface area (Å²) in [7, 11) is 0. The van der Waals surface area contributed by atoms with E-state index in [-0.39, 0.29) is 0 Å². The van der Waals surface area contributed by atoms with Crippen molar-refractivity contribution < 1.29 is 0 Å². The van der Waals surface area contributed by atoms with Crippen LogP contribution in [-0.2, 0) is 0 Å². The van der Waals surface area contributed by atoms with Crippen molar-refractivity contribution in [1.82, 2.24) is 14.5 Å². The second-order valence-corrected chi connectivity index (χ2v) is 15.9. The van der Waals surface area contributed by atoms with E-state index in [1.54, 1.807) is 0 Å². The maximum atomic E-state index is 5.12. The van der Waals surface area contributed by atoms with Crippen LogP contribution < -0.4 is 0 Å². The number of hydrogen-bond acceptors (Lipinski definition) is 4. The van der Waals surface area contributed by atoms with Crippen molar-refractivity contribution in [2.45, 2.75) is 19.6 Å². The fraction of sp³-hybridized carbons (Fsp3) is 0. The van der Waals surface area contributed by atoms with Crippen LogP contribution in [0.5, 0.6) is 0 Å². The van der Waals surface area contributed by atoms with Crippen LogP contribution in [-0.4, -0.2) is 14.5 Å². The number of fused-ring (bicyclic) bond motifs is 8. The molecule has 0 radical (unpaired) electrons. The van der Waals surface area contributed by atoms with E-state index in [1.165, 1.54) is 52.2 Å². The lowest BCUT2D eigenvalue weighted by Gasteiger charge is -2.20. The average molecular weight is 738 g/mol. The molecule has 0 unspecified atom stereocenters. The zero-order valence-corrected chi connectivity index (χ0v) is 31.2. The molecule has 0 saturated heterocycles. The van der Waals surface area contributed by atoms with E-state index in [1.807, 2.05) is 47.8 Å². The molecule has 0 amide bonds. The van der Waals surface area contributed by atoms with Crippen LogP contribution in [0, 0.1) is 0 Å². The van der Waals surface area contributed by atoms with Crippen molar-refractivity contribution in [2.75, 3.05) is 0 Å². The van der Waals surface area contributed by atoms with Crippen LogP contribution in [0.25, 0.3) is 83.3 Å². The lowest BCUT2D eigenvalue weighted by molar-refractivity contribution is 1.11. The Bertz CT molecular complexity index is 3040. The van der Waals surface area contributed by atoms with E-state index in [4.69, 9.17) is 9.97 Å². The van der Waals surface area contributed by atoms with Crippen LogP contribution in [0.3, 0.4) is 0 Å². The summed E-state index contributed by atoms with van der Waals surface area (Å²) in [6.45, 7) is 0. The zero-order chi connectivity index (χ0) is 36.3. The van der Waals surface area contributed by atoms with Gasteiger partial charge >= 0.3 is 0 Å². The van der Waals surface area contributed by atoms with Crippen molar-refractivity contribution in [3.63, 3.8) is 0 Å². The number of benzene rings is 8. The molecule has 0 bridgehead atoms. The van der Waals surface area contributed by atoms with E-state index in [0.717, 1.165) is 44.9 Å². The summed E-state index contributed by atoms with van der Waals surface area (Å²) < 4.78 is 2.49. The number of hydrogen-bond donors (Lipinski definition) is 0. The fourth-order valence-electron chi connectivity index (χ4n) is 7.87. The van der Waals surface area contributed by atoms with Crippen LogP contribution in [0.2, 0.25) is 0 Å². The predicted molar refractivity (Wildman–Crippen MR) is 230 cm³/mol. The van der Waals surface area contributed by atoms with Crippen molar-refractivity contribution in [3.8, 4) is 50.7 Å². The van der Waals surface area contributed by atoms with E-state index in [2.05, 4.69) is 168 Å². The molecule has 0 spiro atoms. The quantitative estimate of drug-likeness (QED) is 0.176. The molecule has 55 heavy (non-hydrogen) atoms. The maximum absolute atomic E-state index is 5.12. The Balaban J connectivity index is 1.08. The normalized spacial score (nSPS) is 12.2. The first-order valence-corrected chi connectivity index (χ1v) is 20.0. The van der Waals surface area contributed by atoms with Crippen molar-refractivity contribution in [1.29, 1.82) is 0 Å². The average Bonchev–Trinajstić information content (AvgIpc) is 3.62. The van der Waals surface area contributed by atoms with Gasteiger partial charge < -0.3 is 4.57 Å². The van der Waals surface area contributed by atoms with Gasteiger partial charge in [-0.05, 0) is 70.4 Å². The molecule has 10 aromatic rings. The summed E-state index contributed by atoms with van der Waals surface area (Å²) in [5.41, 5.74) is 10.8. The van der Waals surface area contributed by atoms with Gasteiger partial charge in [0.2, 0.25) is 0 Å². The minimum Gasteiger partial charge on any atom is -0.308 e. The molecule has 0 atom stereocenters. The molecule has 3 heterocycles.